The SMILES string of the molecule is COc1ccccc1NC(=O)C1CC1C(=O)Nc1ccc(C(F)(F)F)cc1. The van der Waals surface area contributed by atoms with Crippen LogP contribution < -0.4 is 15.4 Å². The predicted octanol–water partition coefficient (Wildman–Crippen LogP) is 3.93. The Kier molecular flexibility index (Phi) is 5.07. The summed E-state index contributed by atoms with van der Waals surface area (Å²) in [5.41, 5.74) is -0.0245. The highest BCUT2D eigenvalue weighted by atomic mass is 19.4. The Labute approximate surface area is 153 Å². The molecule has 5 nitrogen and oxygen atoms in total. The third-order valence-electron chi connectivity index (χ3n) is 4.31. The van der Waals surface area contributed by atoms with Crippen molar-refractivity contribution in [3.63, 3.8) is 0 Å². The van der Waals surface area contributed by atoms with Gasteiger partial charge in [-0.2, -0.15) is 13.2 Å². The summed E-state index contributed by atoms with van der Waals surface area (Å²) in [5.74, 6) is -1.18. The fraction of sp³-hybridized carbons (Fsp3) is 0.263. The molecule has 1 aliphatic rings. The van der Waals surface area contributed by atoms with Gasteiger partial charge in [0.1, 0.15) is 5.75 Å². The zero-order chi connectivity index (χ0) is 19.6. The lowest BCUT2D eigenvalue weighted by atomic mass is 10.2. The van der Waals surface area contributed by atoms with Crippen LogP contribution in [0.15, 0.2) is 48.5 Å². The van der Waals surface area contributed by atoms with E-state index in [4.69, 9.17) is 4.74 Å². The minimum absolute atomic E-state index is 0.254. The van der Waals surface area contributed by atoms with E-state index >= 15 is 0 Å². The van der Waals surface area contributed by atoms with E-state index in [2.05, 4.69) is 10.6 Å². The number of anilines is 2. The Hall–Kier alpha value is -3.03. The molecule has 0 radical (unpaired) electrons. The molecule has 2 unspecified atom stereocenters. The van der Waals surface area contributed by atoms with Gasteiger partial charge in [-0.1, -0.05) is 12.1 Å². The maximum atomic E-state index is 12.6. The van der Waals surface area contributed by atoms with Gasteiger partial charge in [0.2, 0.25) is 11.8 Å². The number of halogens is 3. The van der Waals surface area contributed by atoms with Gasteiger partial charge in [-0.3, -0.25) is 9.59 Å². The van der Waals surface area contributed by atoms with E-state index in [9.17, 15) is 22.8 Å². The Morgan fingerprint density at radius 1 is 0.963 bits per heavy atom. The third kappa shape index (κ3) is 4.39. The number of amides is 2. The van der Waals surface area contributed by atoms with E-state index in [1.54, 1.807) is 24.3 Å². The molecule has 8 heteroatoms. The molecule has 0 bridgehead atoms. The number of nitrogens with one attached hydrogen (secondary N) is 2. The van der Waals surface area contributed by atoms with Crippen molar-refractivity contribution in [3.05, 3.63) is 54.1 Å². The van der Waals surface area contributed by atoms with E-state index in [0.29, 0.717) is 17.9 Å². The summed E-state index contributed by atoms with van der Waals surface area (Å²) in [5, 5.41) is 5.27. The quantitative estimate of drug-likeness (QED) is 0.829. The number of para-hydroxylation sites is 2. The standard InChI is InChI=1S/C19H17F3N2O3/c1-27-16-5-3-2-4-15(16)24-18(26)14-10-13(14)17(25)23-12-8-6-11(7-9-12)19(20,21)22/h2-9,13-14H,10H2,1H3,(H,23,25)(H,24,26). The number of hydrogen-bond acceptors (Lipinski definition) is 3. The van der Waals surface area contributed by atoms with E-state index in [1.807, 2.05) is 0 Å². The Balaban J connectivity index is 1.56. The number of methoxy groups -OCH3 is 1. The highest BCUT2D eigenvalue weighted by Crippen LogP contribution is 2.41. The lowest BCUT2D eigenvalue weighted by Crippen LogP contribution is -2.20. The molecule has 142 valence electrons. The fourth-order valence-corrected chi connectivity index (χ4v) is 2.73. The van der Waals surface area contributed by atoms with Crippen molar-refractivity contribution < 1.29 is 27.5 Å². The first kappa shape index (κ1) is 18.8. The van der Waals surface area contributed by atoms with Gasteiger partial charge < -0.3 is 15.4 Å². The van der Waals surface area contributed by atoms with Crippen LogP contribution in [0.5, 0.6) is 5.75 Å². The normalized spacial score (nSPS) is 18.5. The summed E-state index contributed by atoms with van der Waals surface area (Å²) in [6.45, 7) is 0. The van der Waals surface area contributed by atoms with Crippen molar-refractivity contribution in [1.82, 2.24) is 0 Å². The molecule has 1 fully saturated rings. The van der Waals surface area contributed by atoms with Crippen LogP contribution in [0, 0.1) is 11.8 Å². The van der Waals surface area contributed by atoms with E-state index in [0.717, 1.165) is 12.1 Å². The number of hydrogen-bond donors (Lipinski definition) is 2. The van der Waals surface area contributed by atoms with Crippen LogP contribution >= 0.6 is 0 Å². The van der Waals surface area contributed by atoms with Crippen LogP contribution in [0.4, 0.5) is 24.5 Å². The number of alkyl halides is 3. The molecule has 2 amide bonds. The maximum Gasteiger partial charge on any atom is 0.416 e. The molecule has 0 spiro atoms. The van der Waals surface area contributed by atoms with Crippen molar-refractivity contribution in [2.24, 2.45) is 11.8 Å². The van der Waals surface area contributed by atoms with Gasteiger partial charge in [0.15, 0.2) is 0 Å². The average molecular weight is 378 g/mol. The van der Waals surface area contributed by atoms with Gasteiger partial charge >= 0.3 is 6.18 Å². The molecule has 2 aromatic rings. The summed E-state index contributed by atoms with van der Waals surface area (Å²) < 4.78 is 42.8. The number of carbonyl (C=O) groups excluding carboxylic acids is 2. The van der Waals surface area contributed by atoms with Crippen molar-refractivity contribution in [3.8, 4) is 5.75 Å². The highest BCUT2D eigenvalue weighted by molar-refractivity contribution is 6.03. The largest absolute Gasteiger partial charge is 0.495 e. The second kappa shape index (κ2) is 7.30. The lowest BCUT2D eigenvalue weighted by Gasteiger charge is -2.10. The van der Waals surface area contributed by atoms with Crippen LogP contribution in [0.1, 0.15) is 12.0 Å². The van der Waals surface area contributed by atoms with Crippen LogP contribution in [0.2, 0.25) is 0 Å². The summed E-state index contributed by atoms with van der Waals surface area (Å²) in [7, 11) is 1.49. The lowest BCUT2D eigenvalue weighted by molar-refractivity contribution is -0.137. The second-order valence-corrected chi connectivity index (χ2v) is 6.20. The molecule has 2 N–H and O–H groups in total. The average Bonchev–Trinajstić information content (AvgIpc) is 3.43. The molecule has 1 aliphatic carbocycles. The minimum Gasteiger partial charge on any atom is -0.495 e. The Bertz CT molecular complexity index is 850. The smallest absolute Gasteiger partial charge is 0.416 e. The second-order valence-electron chi connectivity index (χ2n) is 6.20. The number of ether oxygens (including phenoxy) is 1. The first-order valence-corrected chi connectivity index (χ1v) is 8.21. The number of rotatable bonds is 5. The highest BCUT2D eigenvalue weighted by Gasteiger charge is 2.48. The Morgan fingerprint density at radius 3 is 2.15 bits per heavy atom. The van der Waals surface area contributed by atoms with E-state index in [-0.39, 0.29) is 11.6 Å². The van der Waals surface area contributed by atoms with Gasteiger partial charge in [-0.05, 0) is 42.8 Å². The summed E-state index contributed by atoms with van der Waals surface area (Å²) in [4.78, 5) is 24.5. The molecule has 1 saturated carbocycles. The molecular weight excluding hydrogens is 361 g/mol. The molecule has 0 aliphatic heterocycles. The molecule has 3 rings (SSSR count). The van der Waals surface area contributed by atoms with Gasteiger partial charge in [-0.15, -0.1) is 0 Å². The van der Waals surface area contributed by atoms with Crippen LogP contribution in [-0.2, 0) is 15.8 Å². The predicted molar refractivity (Wildman–Crippen MR) is 93.3 cm³/mol. The van der Waals surface area contributed by atoms with Crippen LogP contribution in [-0.4, -0.2) is 18.9 Å². The maximum absolute atomic E-state index is 12.6. The first-order chi connectivity index (χ1) is 12.8. The van der Waals surface area contributed by atoms with Crippen molar-refractivity contribution in [2.45, 2.75) is 12.6 Å². The third-order valence-corrected chi connectivity index (χ3v) is 4.31. The number of carbonyl (C=O) groups is 2. The topological polar surface area (TPSA) is 67.4 Å². The van der Waals surface area contributed by atoms with Gasteiger partial charge in [0.05, 0.1) is 30.2 Å². The summed E-state index contributed by atoms with van der Waals surface area (Å²) in [6, 6.07) is 11.1. The molecule has 27 heavy (non-hydrogen) atoms. The first-order valence-electron chi connectivity index (χ1n) is 8.21. The van der Waals surface area contributed by atoms with Gasteiger partial charge in [-0.25, -0.2) is 0 Å². The minimum atomic E-state index is -4.43. The van der Waals surface area contributed by atoms with E-state index in [1.165, 1.54) is 19.2 Å². The summed E-state index contributed by atoms with van der Waals surface area (Å²) in [6.07, 6.45) is -4.05. The zero-order valence-corrected chi connectivity index (χ0v) is 14.3. The molecule has 2 atom stereocenters. The van der Waals surface area contributed by atoms with Crippen molar-refractivity contribution >= 4 is 23.2 Å². The summed E-state index contributed by atoms with van der Waals surface area (Å²) >= 11 is 0. The Morgan fingerprint density at radius 2 is 1.56 bits per heavy atom. The number of benzene rings is 2. The van der Waals surface area contributed by atoms with E-state index < -0.39 is 29.5 Å². The molecular formula is C19H17F3N2O3. The zero-order valence-electron chi connectivity index (χ0n) is 14.3. The van der Waals surface area contributed by atoms with Gasteiger partial charge in [0.25, 0.3) is 0 Å². The fourth-order valence-electron chi connectivity index (χ4n) is 2.73. The monoisotopic (exact) mass is 378 g/mol. The molecule has 0 heterocycles. The molecule has 2 aromatic carbocycles. The van der Waals surface area contributed by atoms with Crippen LogP contribution in [0.25, 0.3) is 0 Å². The van der Waals surface area contributed by atoms with Crippen LogP contribution in [0.3, 0.4) is 0 Å². The molecule has 0 aromatic heterocycles. The molecule has 0 saturated heterocycles. The van der Waals surface area contributed by atoms with Gasteiger partial charge in [0, 0.05) is 5.69 Å². The van der Waals surface area contributed by atoms with Crippen molar-refractivity contribution in [1.29, 1.82) is 0 Å². The van der Waals surface area contributed by atoms with Crippen molar-refractivity contribution in [2.75, 3.05) is 17.7 Å².